The van der Waals surface area contributed by atoms with Crippen molar-refractivity contribution >= 4 is 21.5 Å². The van der Waals surface area contributed by atoms with Crippen LogP contribution in [0.25, 0.3) is 32.7 Å². The van der Waals surface area contributed by atoms with E-state index in [-0.39, 0.29) is 5.41 Å². The number of benzene rings is 4. The van der Waals surface area contributed by atoms with Crippen LogP contribution < -0.4 is 9.47 Å². The van der Waals surface area contributed by atoms with Crippen LogP contribution in [-0.2, 0) is 12.8 Å². The molecule has 0 N–H and O–H groups in total. The van der Waals surface area contributed by atoms with Crippen molar-refractivity contribution in [2.24, 2.45) is 5.41 Å². The SMILES string of the molecule is COc1cc2ccccc2c2c1CC1(C=CC=C1)Cc1c(OC)cc3ccccc3c1-2. The van der Waals surface area contributed by atoms with Crippen molar-refractivity contribution in [1.82, 2.24) is 0 Å². The number of rotatable bonds is 2. The van der Waals surface area contributed by atoms with Gasteiger partial charge in [0.05, 0.1) is 14.2 Å². The van der Waals surface area contributed by atoms with Gasteiger partial charge in [-0.1, -0.05) is 72.8 Å². The molecule has 2 nitrogen and oxygen atoms in total. The van der Waals surface area contributed by atoms with Crippen LogP contribution in [0.15, 0.2) is 85.0 Å². The summed E-state index contributed by atoms with van der Waals surface area (Å²) in [6.07, 6.45) is 10.8. The van der Waals surface area contributed by atoms with Crippen LogP contribution in [0.1, 0.15) is 11.1 Å². The van der Waals surface area contributed by atoms with Crippen LogP contribution in [-0.4, -0.2) is 14.2 Å². The predicted molar refractivity (Wildman–Crippen MR) is 128 cm³/mol. The second kappa shape index (κ2) is 6.75. The summed E-state index contributed by atoms with van der Waals surface area (Å²) in [5, 5.41) is 4.93. The standard InChI is InChI=1S/C29H24O2/c1-30-25-15-19-9-3-5-11-21(19)27-23(25)17-29(13-7-8-14-29)18-24-26(31-2)16-20-10-4-6-12-22(20)28(24)27/h3-16H,17-18H2,1-2H3. The monoisotopic (exact) mass is 404 g/mol. The third-order valence-corrected chi connectivity index (χ3v) is 6.90. The second-order valence-electron chi connectivity index (χ2n) is 8.61. The van der Waals surface area contributed by atoms with Gasteiger partial charge in [0.25, 0.3) is 0 Å². The smallest absolute Gasteiger partial charge is 0.123 e. The summed E-state index contributed by atoms with van der Waals surface area (Å²) in [4.78, 5) is 0. The predicted octanol–water partition coefficient (Wildman–Crippen LogP) is 6.89. The van der Waals surface area contributed by atoms with Gasteiger partial charge in [0.1, 0.15) is 11.5 Å². The lowest BCUT2D eigenvalue weighted by Gasteiger charge is -2.25. The molecule has 2 aliphatic rings. The Hall–Kier alpha value is -3.52. The van der Waals surface area contributed by atoms with E-state index in [1.807, 2.05) is 0 Å². The van der Waals surface area contributed by atoms with Crippen LogP contribution in [0.2, 0.25) is 0 Å². The minimum Gasteiger partial charge on any atom is -0.496 e. The molecule has 0 bridgehead atoms. The Kier molecular flexibility index (Phi) is 3.97. The molecular formula is C29H24O2. The maximum atomic E-state index is 5.98. The molecule has 0 amide bonds. The summed E-state index contributed by atoms with van der Waals surface area (Å²) in [5.41, 5.74) is 5.03. The highest BCUT2D eigenvalue weighted by Gasteiger charge is 2.36. The highest BCUT2D eigenvalue weighted by atomic mass is 16.5. The van der Waals surface area contributed by atoms with Crippen LogP contribution in [0.4, 0.5) is 0 Å². The molecule has 0 unspecified atom stereocenters. The fourth-order valence-corrected chi connectivity index (χ4v) is 5.52. The molecular weight excluding hydrogens is 380 g/mol. The summed E-state index contributed by atoms with van der Waals surface area (Å²) >= 11 is 0. The van der Waals surface area contributed by atoms with E-state index in [1.54, 1.807) is 14.2 Å². The van der Waals surface area contributed by atoms with Crippen molar-refractivity contribution in [2.45, 2.75) is 12.8 Å². The quantitative estimate of drug-likeness (QED) is 0.362. The van der Waals surface area contributed by atoms with E-state index >= 15 is 0 Å². The molecule has 152 valence electrons. The number of ether oxygens (including phenoxy) is 2. The molecule has 0 aromatic heterocycles. The summed E-state index contributed by atoms with van der Waals surface area (Å²) in [7, 11) is 3.57. The molecule has 0 heterocycles. The molecule has 1 spiro atoms. The molecule has 4 aromatic rings. The van der Waals surface area contributed by atoms with Crippen molar-refractivity contribution in [3.05, 3.63) is 96.1 Å². The number of hydrogen-bond acceptors (Lipinski definition) is 2. The summed E-state index contributed by atoms with van der Waals surface area (Å²) in [6, 6.07) is 21.7. The van der Waals surface area contributed by atoms with Crippen LogP contribution in [0, 0.1) is 5.41 Å². The van der Waals surface area contributed by atoms with E-state index in [0.717, 1.165) is 24.3 Å². The first-order valence-electron chi connectivity index (χ1n) is 10.8. The number of fused-ring (bicyclic) bond motifs is 7. The molecule has 0 radical (unpaired) electrons. The lowest BCUT2D eigenvalue weighted by Crippen LogP contribution is -2.19. The highest BCUT2D eigenvalue weighted by Crippen LogP contribution is 2.52. The van der Waals surface area contributed by atoms with E-state index in [9.17, 15) is 0 Å². The molecule has 4 aromatic carbocycles. The Morgan fingerprint density at radius 2 is 1.10 bits per heavy atom. The van der Waals surface area contributed by atoms with Gasteiger partial charge in [-0.3, -0.25) is 0 Å². The Labute approximate surface area is 182 Å². The van der Waals surface area contributed by atoms with Crippen LogP contribution >= 0.6 is 0 Å². The zero-order valence-corrected chi connectivity index (χ0v) is 17.8. The van der Waals surface area contributed by atoms with Crippen LogP contribution in [0.3, 0.4) is 0 Å². The minimum absolute atomic E-state index is 0.0779. The molecule has 0 saturated heterocycles. The normalized spacial score (nSPS) is 15.8. The summed E-state index contributed by atoms with van der Waals surface area (Å²) < 4.78 is 12.0. The largest absolute Gasteiger partial charge is 0.496 e. The summed E-state index contributed by atoms with van der Waals surface area (Å²) in [5.74, 6) is 1.92. The number of allylic oxidation sites excluding steroid dienone is 4. The van der Waals surface area contributed by atoms with Gasteiger partial charge in [-0.05, 0) is 57.6 Å². The van der Waals surface area contributed by atoms with Crippen molar-refractivity contribution < 1.29 is 9.47 Å². The average Bonchev–Trinajstić information content (AvgIpc) is 3.19. The third kappa shape index (κ3) is 2.64. The molecule has 0 aliphatic heterocycles. The maximum absolute atomic E-state index is 5.98. The fourth-order valence-electron chi connectivity index (χ4n) is 5.52. The van der Waals surface area contributed by atoms with Crippen molar-refractivity contribution in [1.29, 1.82) is 0 Å². The first-order chi connectivity index (χ1) is 15.2. The van der Waals surface area contributed by atoms with Gasteiger partial charge in [0, 0.05) is 16.5 Å². The number of hydrogen-bond donors (Lipinski definition) is 0. The highest BCUT2D eigenvalue weighted by molar-refractivity contribution is 6.10. The first kappa shape index (κ1) is 18.3. The maximum Gasteiger partial charge on any atom is 0.123 e. The van der Waals surface area contributed by atoms with Gasteiger partial charge in [0.2, 0.25) is 0 Å². The van der Waals surface area contributed by atoms with Crippen molar-refractivity contribution in [3.8, 4) is 22.6 Å². The molecule has 0 atom stereocenters. The lowest BCUT2D eigenvalue weighted by atomic mass is 9.79. The molecule has 2 heteroatoms. The Morgan fingerprint density at radius 3 is 1.55 bits per heavy atom. The Morgan fingerprint density at radius 1 is 0.645 bits per heavy atom. The van der Waals surface area contributed by atoms with Gasteiger partial charge < -0.3 is 9.47 Å². The summed E-state index contributed by atoms with van der Waals surface area (Å²) in [6.45, 7) is 0. The van der Waals surface area contributed by atoms with E-state index in [1.165, 1.54) is 43.8 Å². The van der Waals surface area contributed by atoms with Crippen molar-refractivity contribution in [2.75, 3.05) is 14.2 Å². The van der Waals surface area contributed by atoms with E-state index < -0.39 is 0 Å². The van der Waals surface area contributed by atoms with E-state index in [2.05, 4.69) is 85.0 Å². The van der Waals surface area contributed by atoms with Gasteiger partial charge in [0.15, 0.2) is 0 Å². The van der Waals surface area contributed by atoms with Gasteiger partial charge in [-0.25, -0.2) is 0 Å². The topological polar surface area (TPSA) is 18.5 Å². The molecule has 6 rings (SSSR count). The lowest BCUT2D eigenvalue weighted by molar-refractivity contribution is 0.394. The van der Waals surface area contributed by atoms with Gasteiger partial charge in [-0.2, -0.15) is 0 Å². The molecule has 2 aliphatic carbocycles. The van der Waals surface area contributed by atoms with Crippen LogP contribution in [0.5, 0.6) is 11.5 Å². The van der Waals surface area contributed by atoms with E-state index in [4.69, 9.17) is 9.47 Å². The third-order valence-electron chi connectivity index (χ3n) is 6.90. The van der Waals surface area contributed by atoms with Crippen molar-refractivity contribution in [3.63, 3.8) is 0 Å². The fraction of sp³-hybridized carbons (Fsp3) is 0.172. The van der Waals surface area contributed by atoms with Gasteiger partial charge >= 0.3 is 0 Å². The molecule has 0 fully saturated rings. The first-order valence-corrected chi connectivity index (χ1v) is 10.8. The van der Waals surface area contributed by atoms with Gasteiger partial charge in [-0.15, -0.1) is 0 Å². The molecule has 0 saturated carbocycles. The zero-order valence-electron chi connectivity index (χ0n) is 17.8. The van der Waals surface area contributed by atoms with E-state index in [0.29, 0.717) is 0 Å². The Balaban J connectivity index is 1.86. The Bertz CT molecular complexity index is 1300. The zero-order chi connectivity index (χ0) is 21.0. The second-order valence-corrected chi connectivity index (χ2v) is 8.61. The number of methoxy groups -OCH3 is 2. The average molecular weight is 405 g/mol. The minimum atomic E-state index is -0.0779. The molecule has 31 heavy (non-hydrogen) atoms.